The fourth-order valence-electron chi connectivity index (χ4n) is 2.99. The first-order chi connectivity index (χ1) is 14.9. The van der Waals surface area contributed by atoms with Gasteiger partial charge in [0.05, 0.1) is 24.2 Å². The number of sulfonamides is 1. The van der Waals surface area contributed by atoms with E-state index in [1.807, 2.05) is 30.3 Å². The monoisotopic (exact) mass is 442 g/mol. The molecular formula is C23H23FN2O4S. The molecule has 3 aromatic rings. The van der Waals surface area contributed by atoms with Crippen LogP contribution in [0.1, 0.15) is 5.56 Å². The fourth-order valence-corrected chi connectivity index (χ4v) is 4.39. The molecule has 0 saturated carbocycles. The summed E-state index contributed by atoms with van der Waals surface area (Å²) in [4.78, 5) is 12.6. The molecule has 3 rings (SSSR count). The average Bonchev–Trinajstić information content (AvgIpc) is 2.78. The summed E-state index contributed by atoms with van der Waals surface area (Å²) in [5.41, 5.74) is 0.935. The largest absolute Gasteiger partial charge is 0.497 e. The van der Waals surface area contributed by atoms with Crippen LogP contribution >= 0.6 is 0 Å². The standard InChI is InChI=1S/C23H23FN2O4S/c1-30-19-11-13-20(14-12-19)31(28,29)26(16-15-18-7-3-2-4-8-18)17-23(27)25-22-10-6-5-9-21(22)24/h2-14H,15-17H2,1H3,(H,25,27). The summed E-state index contributed by atoms with van der Waals surface area (Å²) in [6, 6.07) is 21.0. The third kappa shape index (κ3) is 5.90. The Morgan fingerprint density at radius 1 is 0.968 bits per heavy atom. The molecule has 0 radical (unpaired) electrons. The number of methoxy groups -OCH3 is 1. The van der Waals surface area contributed by atoms with Crippen LogP contribution in [-0.2, 0) is 21.2 Å². The second-order valence-electron chi connectivity index (χ2n) is 6.78. The average molecular weight is 443 g/mol. The van der Waals surface area contributed by atoms with E-state index in [9.17, 15) is 17.6 Å². The maximum Gasteiger partial charge on any atom is 0.243 e. The Balaban J connectivity index is 1.82. The quantitative estimate of drug-likeness (QED) is 0.548. The summed E-state index contributed by atoms with van der Waals surface area (Å²) in [6.07, 6.45) is 0.420. The molecule has 162 valence electrons. The molecule has 0 spiro atoms. The predicted octanol–water partition coefficient (Wildman–Crippen LogP) is 3.71. The number of para-hydroxylation sites is 1. The Morgan fingerprint density at radius 2 is 1.61 bits per heavy atom. The van der Waals surface area contributed by atoms with E-state index in [0.717, 1.165) is 9.87 Å². The van der Waals surface area contributed by atoms with Gasteiger partial charge in [-0.25, -0.2) is 12.8 Å². The van der Waals surface area contributed by atoms with Gasteiger partial charge in [-0.15, -0.1) is 0 Å². The Labute approximate surface area is 181 Å². The second kappa shape index (κ2) is 10.2. The van der Waals surface area contributed by atoms with Gasteiger partial charge in [0.2, 0.25) is 15.9 Å². The van der Waals surface area contributed by atoms with Crippen molar-refractivity contribution in [3.63, 3.8) is 0 Å². The first-order valence-electron chi connectivity index (χ1n) is 9.62. The van der Waals surface area contributed by atoms with Crippen LogP contribution < -0.4 is 10.1 Å². The van der Waals surface area contributed by atoms with E-state index >= 15 is 0 Å². The molecule has 0 aliphatic heterocycles. The molecule has 0 aromatic heterocycles. The molecule has 8 heteroatoms. The number of hydrogen-bond donors (Lipinski definition) is 1. The predicted molar refractivity (Wildman–Crippen MR) is 117 cm³/mol. The van der Waals surface area contributed by atoms with Crippen LogP contribution in [-0.4, -0.2) is 38.8 Å². The molecule has 0 aliphatic rings. The minimum Gasteiger partial charge on any atom is -0.497 e. The molecule has 0 fully saturated rings. The van der Waals surface area contributed by atoms with Gasteiger partial charge in [-0.2, -0.15) is 4.31 Å². The summed E-state index contributed by atoms with van der Waals surface area (Å²) < 4.78 is 46.5. The summed E-state index contributed by atoms with van der Waals surface area (Å²) in [7, 11) is -2.48. The zero-order chi connectivity index (χ0) is 22.3. The maximum atomic E-state index is 13.9. The third-order valence-corrected chi connectivity index (χ3v) is 6.52. The highest BCUT2D eigenvalue weighted by atomic mass is 32.2. The highest BCUT2D eigenvalue weighted by molar-refractivity contribution is 7.89. The summed E-state index contributed by atoms with van der Waals surface area (Å²) >= 11 is 0. The van der Waals surface area contributed by atoms with Crippen molar-refractivity contribution in [3.05, 3.63) is 90.2 Å². The van der Waals surface area contributed by atoms with Gasteiger partial charge in [0, 0.05) is 6.54 Å². The number of carbonyl (C=O) groups is 1. The number of ether oxygens (including phenoxy) is 1. The van der Waals surface area contributed by atoms with E-state index in [-0.39, 0.29) is 17.1 Å². The molecular weight excluding hydrogens is 419 g/mol. The second-order valence-corrected chi connectivity index (χ2v) is 8.72. The van der Waals surface area contributed by atoms with Crippen LogP contribution in [0, 0.1) is 5.82 Å². The van der Waals surface area contributed by atoms with E-state index in [1.54, 1.807) is 18.2 Å². The zero-order valence-electron chi connectivity index (χ0n) is 17.0. The number of anilines is 1. The van der Waals surface area contributed by atoms with E-state index in [0.29, 0.717) is 12.2 Å². The molecule has 1 N–H and O–H groups in total. The van der Waals surface area contributed by atoms with Gasteiger partial charge in [-0.05, 0) is 48.4 Å². The first kappa shape index (κ1) is 22.5. The molecule has 0 aliphatic carbocycles. The van der Waals surface area contributed by atoms with Crippen molar-refractivity contribution in [1.82, 2.24) is 4.31 Å². The van der Waals surface area contributed by atoms with Crippen molar-refractivity contribution in [3.8, 4) is 5.75 Å². The van der Waals surface area contributed by atoms with Crippen LogP contribution in [0.5, 0.6) is 5.75 Å². The van der Waals surface area contributed by atoms with Gasteiger partial charge in [0.15, 0.2) is 0 Å². The number of hydrogen-bond acceptors (Lipinski definition) is 4. The normalized spacial score (nSPS) is 11.3. The smallest absolute Gasteiger partial charge is 0.243 e. The van der Waals surface area contributed by atoms with Gasteiger partial charge < -0.3 is 10.1 Å². The third-order valence-electron chi connectivity index (χ3n) is 4.66. The molecule has 3 aromatic carbocycles. The number of amides is 1. The van der Waals surface area contributed by atoms with Gasteiger partial charge >= 0.3 is 0 Å². The lowest BCUT2D eigenvalue weighted by Crippen LogP contribution is -2.39. The summed E-state index contributed by atoms with van der Waals surface area (Å²) in [6.45, 7) is -0.363. The molecule has 0 heterocycles. The lowest BCUT2D eigenvalue weighted by atomic mass is 10.1. The summed E-state index contributed by atoms with van der Waals surface area (Å²) in [5.74, 6) is -0.702. The number of benzene rings is 3. The van der Waals surface area contributed by atoms with E-state index in [1.165, 1.54) is 37.4 Å². The topological polar surface area (TPSA) is 75.7 Å². The fraction of sp³-hybridized carbons (Fsp3) is 0.174. The van der Waals surface area contributed by atoms with E-state index < -0.39 is 28.3 Å². The molecule has 6 nitrogen and oxygen atoms in total. The van der Waals surface area contributed by atoms with Crippen LogP contribution in [0.25, 0.3) is 0 Å². The summed E-state index contributed by atoms with van der Waals surface area (Å²) in [5, 5.41) is 2.44. The van der Waals surface area contributed by atoms with Crippen LogP contribution in [0.4, 0.5) is 10.1 Å². The minimum absolute atomic E-state index is 0.00245. The van der Waals surface area contributed by atoms with Crippen molar-refractivity contribution in [2.75, 3.05) is 25.5 Å². The molecule has 0 saturated heterocycles. The molecule has 0 atom stereocenters. The number of rotatable bonds is 9. The number of nitrogens with one attached hydrogen (secondary N) is 1. The highest BCUT2D eigenvalue weighted by Gasteiger charge is 2.27. The molecule has 1 amide bonds. The Kier molecular flexibility index (Phi) is 7.38. The van der Waals surface area contributed by atoms with Crippen molar-refractivity contribution >= 4 is 21.6 Å². The van der Waals surface area contributed by atoms with Gasteiger partial charge in [-0.3, -0.25) is 4.79 Å². The van der Waals surface area contributed by atoms with E-state index in [4.69, 9.17) is 4.74 Å². The maximum absolute atomic E-state index is 13.9. The minimum atomic E-state index is -3.97. The van der Waals surface area contributed by atoms with E-state index in [2.05, 4.69) is 5.32 Å². The molecule has 0 unspecified atom stereocenters. The van der Waals surface area contributed by atoms with Crippen molar-refractivity contribution in [2.24, 2.45) is 0 Å². The van der Waals surface area contributed by atoms with Crippen molar-refractivity contribution < 1.29 is 22.3 Å². The van der Waals surface area contributed by atoms with Crippen molar-refractivity contribution in [1.29, 1.82) is 0 Å². The van der Waals surface area contributed by atoms with Gasteiger partial charge in [-0.1, -0.05) is 42.5 Å². The van der Waals surface area contributed by atoms with Crippen molar-refractivity contribution in [2.45, 2.75) is 11.3 Å². The first-order valence-corrected chi connectivity index (χ1v) is 11.1. The lowest BCUT2D eigenvalue weighted by Gasteiger charge is -2.22. The lowest BCUT2D eigenvalue weighted by molar-refractivity contribution is -0.116. The Bertz CT molecular complexity index is 1120. The van der Waals surface area contributed by atoms with Crippen LogP contribution in [0.2, 0.25) is 0 Å². The Morgan fingerprint density at radius 3 is 2.26 bits per heavy atom. The van der Waals surface area contributed by atoms with Crippen LogP contribution in [0.3, 0.4) is 0 Å². The van der Waals surface area contributed by atoms with Gasteiger partial charge in [0.1, 0.15) is 11.6 Å². The number of halogens is 1. The van der Waals surface area contributed by atoms with Crippen LogP contribution in [0.15, 0.2) is 83.8 Å². The zero-order valence-corrected chi connectivity index (χ0v) is 17.8. The SMILES string of the molecule is COc1ccc(S(=O)(=O)N(CCc2ccccc2)CC(=O)Nc2ccccc2F)cc1. The molecule has 0 bridgehead atoms. The number of carbonyl (C=O) groups excluding carboxylic acids is 1. The molecule has 31 heavy (non-hydrogen) atoms. The highest BCUT2D eigenvalue weighted by Crippen LogP contribution is 2.20. The van der Waals surface area contributed by atoms with Gasteiger partial charge in [0.25, 0.3) is 0 Å². The Hall–Kier alpha value is -3.23. The number of nitrogens with zero attached hydrogens (tertiary/aromatic N) is 1.